The molecule has 150 valence electrons. The predicted octanol–water partition coefficient (Wildman–Crippen LogP) is 3.67. The van der Waals surface area contributed by atoms with Crippen LogP contribution >= 0.6 is 0 Å². The van der Waals surface area contributed by atoms with Gasteiger partial charge in [-0.15, -0.1) is 0 Å². The Hall–Kier alpha value is -3.50. The van der Waals surface area contributed by atoms with E-state index in [0.29, 0.717) is 22.4 Å². The fraction of sp³-hybridized carbons (Fsp3) is 0.222. The van der Waals surface area contributed by atoms with E-state index in [1.165, 1.54) is 23.3 Å². The summed E-state index contributed by atoms with van der Waals surface area (Å²) in [5, 5.41) is 11.7. The fourth-order valence-electron chi connectivity index (χ4n) is 2.86. The van der Waals surface area contributed by atoms with Crippen LogP contribution in [-0.2, 0) is 13.1 Å². The number of hydrogen-bond acceptors (Lipinski definition) is 5. The predicted molar refractivity (Wildman–Crippen MR) is 97.0 cm³/mol. The first-order valence-corrected chi connectivity index (χ1v) is 8.61. The third kappa shape index (κ3) is 4.03. The van der Waals surface area contributed by atoms with Gasteiger partial charge in [-0.2, -0.15) is 15.2 Å². The molecule has 0 fully saturated rings. The first-order chi connectivity index (χ1) is 13.9. The maximum absolute atomic E-state index is 13.9. The number of anilines is 2. The van der Waals surface area contributed by atoms with Gasteiger partial charge in [0.1, 0.15) is 18.2 Å². The molecule has 0 aliphatic carbocycles. The minimum atomic E-state index is -2.52. The summed E-state index contributed by atoms with van der Waals surface area (Å²) in [4.78, 5) is 8.54. The van der Waals surface area contributed by atoms with Gasteiger partial charge in [0.25, 0.3) is 6.43 Å². The molecule has 0 aliphatic rings. The summed E-state index contributed by atoms with van der Waals surface area (Å²) < 4.78 is 55.0. The van der Waals surface area contributed by atoms with Gasteiger partial charge in [0.05, 0.1) is 29.5 Å². The van der Waals surface area contributed by atoms with Crippen molar-refractivity contribution < 1.29 is 17.6 Å². The molecule has 29 heavy (non-hydrogen) atoms. The average molecular weight is 405 g/mol. The molecule has 0 saturated heterocycles. The molecule has 4 rings (SSSR count). The lowest BCUT2D eigenvalue weighted by atomic mass is 10.2. The van der Waals surface area contributed by atoms with Crippen molar-refractivity contribution in [1.29, 1.82) is 0 Å². The Kier molecular flexibility index (Phi) is 4.87. The van der Waals surface area contributed by atoms with E-state index in [-0.39, 0.29) is 18.1 Å². The van der Waals surface area contributed by atoms with Gasteiger partial charge in [-0.05, 0) is 25.1 Å². The molecule has 3 heterocycles. The molecule has 1 aromatic carbocycles. The number of benzene rings is 1. The summed E-state index contributed by atoms with van der Waals surface area (Å²) in [6.45, 7) is 1.13. The van der Waals surface area contributed by atoms with Crippen molar-refractivity contribution in [2.24, 2.45) is 0 Å². The second-order valence-electron chi connectivity index (χ2n) is 6.38. The Balaban J connectivity index is 1.62. The number of alkyl halides is 2. The summed E-state index contributed by atoms with van der Waals surface area (Å²) in [5.41, 5.74) is 1.52. The van der Waals surface area contributed by atoms with Crippen LogP contribution in [0.4, 0.5) is 29.2 Å². The number of fused-ring (bicyclic) bond motifs is 1. The van der Waals surface area contributed by atoms with E-state index in [0.717, 1.165) is 22.9 Å². The highest BCUT2D eigenvalue weighted by atomic mass is 19.3. The molecule has 3 aromatic heterocycles. The molecule has 0 amide bonds. The lowest BCUT2D eigenvalue weighted by molar-refractivity contribution is 0.121. The van der Waals surface area contributed by atoms with E-state index in [2.05, 4.69) is 25.5 Å². The Morgan fingerprint density at radius 1 is 1.17 bits per heavy atom. The number of halogens is 4. The number of rotatable bonds is 6. The molecular formula is C18H15F4N7. The van der Waals surface area contributed by atoms with Crippen LogP contribution in [-0.4, -0.2) is 36.0 Å². The Labute approximate surface area is 162 Å². The van der Waals surface area contributed by atoms with E-state index in [1.807, 2.05) is 0 Å². The largest absolute Gasteiger partial charge is 0.321 e. The van der Waals surface area contributed by atoms with Gasteiger partial charge in [0, 0.05) is 18.0 Å². The van der Waals surface area contributed by atoms with Gasteiger partial charge >= 0.3 is 0 Å². The maximum atomic E-state index is 13.9. The molecule has 0 spiro atoms. The van der Waals surface area contributed by atoms with Crippen LogP contribution in [0.1, 0.15) is 11.3 Å². The highest BCUT2D eigenvalue weighted by molar-refractivity contribution is 5.75. The van der Waals surface area contributed by atoms with E-state index in [1.54, 1.807) is 6.92 Å². The average Bonchev–Trinajstić information content (AvgIpc) is 3.21. The van der Waals surface area contributed by atoms with Crippen molar-refractivity contribution in [3.8, 4) is 0 Å². The molecular weight excluding hydrogens is 390 g/mol. The molecule has 0 atom stereocenters. The summed E-state index contributed by atoms with van der Waals surface area (Å²) in [6.07, 6.45) is 1.96. The molecule has 0 radical (unpaired) electrons. The highest BCUT2D eigenvalue weighted by Gasteiger charge is 2.13. The Morgan fingerprint density at radius 2 is 2.00 bits per heavy atom. The van der Waals surface area contributed by atoms with Crippen molar-refractivity contribution >= 4 is 22.7 Å². The third-order valence-corrected chi connectivity index (χ3v) is 4.22. The maximum Gasteiger partial charge on any atom is 0.257 e. The molecule has 0 saturated carbocycles. The first kappa shape index (κ1) is 18.8. The van der Waals surface area contributed by atoms with Gasteiger partial charge in [0.2, 0.25) is 5.95 Å². The third-order valence-electron chi connectivity index (χ3n) is 4.22. The van der Waals surface area contributed by atoms with Crippen LogP contribution in [0.2, 0.25) is 0 Å². The Bertz CT molecular complexity index is 1170. The van der Waals surface area contributed by atoms with Crippen molar-refractivity contribution in [1.82, 2.24) is 29.5 Å². The van der Waals surface area contributed by atoms with Crippen LogP contribution in [0.5, 0.6) is 0 Å². The molecule has 0 aliphatic heterocycles. The zero-order valence-corrected chi connectivity index (χ0v) is 15.2. The van der Waals surface area contributed by atoms with E-state index < -0.39 is 24.6 Å². The number of nitrogens with one attached hydrogen (secondary N) is 1. The summed E-state index contributed by atoms with van der Waals surface area (Å²) in [5.74, 6) is -0.908. The quantitative estimate of drug-likeness (QED) is 0.496. The van der Waals surface area contributed by atoms with Crippen LogP contribution in [0.25, 0.3) is 11.0 Å². The summed E-state index contributed by atoms with van der Waals surface area (Å²) in [6, 6.07) is 3.20. The van der Waals surface area contributed by atoms with Crippen LogP contribution in [0.15, 0.2) is 36.8 Å². The minimum Gasteiger partial charge on any atom is -0.321 e. The van der Waals surface area contributed by atoms with Gasteiger partial charge in [-0.25, -0.2) is 27.2 Å². The van der Waals surface area contributed by atoms with Crippen molar-refractivity contribution in [2.75, 3.05) is 5.32 Å². The van der Waals surface area contributed by atoms with Crippen LogP contribution in [0, 0.1) is 18.6 Å². The lowest BCUT2D eigenvalue weighted by Crippen LogP contribution is -2.07. The second-order valence-corrected chi connectivity index (χ2v) is 6.38. The topological polar surface area (TPSA) is 73.5 Å². The summed E-state index contributed by atoms with van der Waals surface area (Å²) in [7, 11) is 0. The van der Waals surface area contributed by atoms with E-state index in [9.17, 15) is 17.6 Å². The highest BCUT2D eigenvalue weighted by Crippen LogP contribution is 2.20. The molecule has 4 aromatic rings. The monoisotopic (exact) mass is 405 g/mol. The second kappa shape index (κ2) is 7.49. The van der Waals surface area contributed by atoms with Crippen molar-refractivity contribution in [3.63, 3.8) is 0 Å². The van der Waals surface area contributed by atoms with Gasteiger partial charge in [-0.1, -0.05) is 0 Å². The smallest absolute Gasteiger partial charge is 0.257 e. The fourth-order valence-corrected chi connectivity index (χ4v) is 2.86. The number of nitrogens with zero attached hydrogens (tertiary/aromatic N) is 6. The van der Waals surface area contributed by atoms with E-state index in [4.69, 9.17) is 0 Å². The number of aromatic nitrogens is 6. The number of hydrogen-bond donors (Lipinski definition) is 1. The normalized spacial score (nSPS) is 11.5. The minimum absolute atomic E-state index is 0.0190. The first-order valence-electron chi connectivity index (χ1n) is 8.61. The number of aryl methyl sites for hydroxylation is 1. The lowest BCUT2D eigenvalue weighted by Gasteiger charge is -2.07. The standard InChI is InChI=1S/C18H15F4N7/c1-10-15(8-28(27-10)9-16(21)22)25-18-23-5-12-6-24-29(17(12)26-18)7-11-4-13(19)2-3-14(11)20/h2-6,8,16H,7,9H2,1H3,(H,23,25,26). The van der Waals surface area contributed by atoms with Crippen LogP contribution < -0.4 is 5.32 Å². The zero-order chi connectivity index (χ0) is 20.5. The summed E-state index contributed by atoms with van der Waals surface area (Å²) >= 11 is 0. The van der Waals surface area contributed by atoms with Gasteiger partial charge < -0.3 is 5.32 Å². The molecule has 11 heteroatoms. The van der Waals surface area contributed by atoms with Crippen LogP contribution in [0.3, 0.4) is 0 Å². The SMILES string of the molecule is Cc1nn(CC(F)F)cc1Nc1ncc2cnn(Cc3cc(F)ccc3F)c2n1. The van der Waals surface area contributed by atoms with Crippen molar-refractivity contribution in [3.05, 3.63) is 59.7 Å². The Morgan fingerprint density at radius 3 is 2.79 bits per heavy atom. The van der Waals surface area contributed by atoms with Gasteiger partial charge in [0.15, 0.2) is 5.65 Å². The zero-order valence-electron chi connectivity index (χ0n) is 15.2. The van der Waals surface area contributed by atoms with Gasteiger partial charge in [-0.3, -0.25) is 4.68 Å². The molecule has 0 bridgehead atoms. The van der Waals surface area contributed by atoms with Crippen molar-refractivity contribution in [2.45, 2.75) is 26.4 Å². The van der Waals surface area contributed by atoms with E-state index >= 15 is 0 Å². The molecule has 1 N–H and O–H groups in total. The molecule has 7 nitrogen and oxygen atoms in total. The molecule has 0 unspecified atom stereocenters.